The second kappa shape index (κ2) is 6.67. The van der Waals surface area contributed by atoms with Crippen LogP contribution in [0.2, 0.25) is 0 Å². The van der Waals surface area contributed by atoms with Crippen LogP contribution in [0.4, 0.5) is 4.79 Å². The molecule has 138 valence electrons. The number of methoxy groups -OCH3 is 1. The van der Waals surface area contributed by atoms with Crippen molar-refractivity contribution in [2.45, 2.75) is 38.8 Å². The Hall–Kier alpha value is -2.50. The van der Waals surface area contributed by atoms with Crippen molar-refractivity contribution in [2.24, 2.45) is 5.41 Å². The Labute approximate surface area is 154 Å². The van der Waals surface area contributed by atoms with Gasteiger partial charge >= 0.3 is 6.03 Å². The molecule has 2 aliphatic rings. The lowest BCUT2D eigenvalue weighted by Crippen LogP contribution is -2.51. The van der Waals surface area contributed by atoms with Gasteiger partial charge in [-0.2, -0.15) is 0 Å². The average Bonchev–Trinajstić information content (AvgIpc) is 3.27. The lowest BCUT2D eigenvalue weighted by atomic mass is 9.95. The molecule has 6 nitrogen and oxygen atoms in total. The van der Waals surface area contributed by atoms with Crippen LogP contribution in [0.3, 0.4) is 0 Å². The van der Waals surface area contributed by atoms with Crippen LogP contribution in [-0.4, -0.2) is 40.7 Å². The fourth-order valence-corrected chi connectivity index (χ4v) is 3.69. The van der Waals surface area contributed by atoms with E-state index in [1.54, 1.807) is 7.11 Å². The minimum atomic E-state index is 0.0395. The van der Waals surface area contributed by atoms with Crippen molar-refractivity contribution in [3.8, 4) is 5.75 Å². The summed E-state index contributed by atoms with van der Waals surface area (Å²) < 4.78 is 7.49. The monoisotopic (exact) mass is 354 g/mol. The van der Waals surface area contributed by atoms with Gasteiger partial charge in [0.05, 0.1) is 13.2 Å². The first-order chi connectivity index (χ1) is 12.6. The zero-order valence-corrected chi connectivity index (χ0v) is 15.4. The number of carbonyl (C=O) groups excluding carboxylic acids is 1. The molecule has 1 atom stereocenters. The Morgan fingerprint density at radius 2 is 2.27 bits per heavy atom. The van der Waals surface area contributed by atoms with Crippen LogP contribution in [0.15, 0.2) is 36.7 Å². The molecule has 1 aromatic heterocycles. The largest absolute Gasteiger partial charge is 0.497 e. The van der Waals surface area contributed by atoms with Gasteiger partial charge in [-0.15, -0.1) is 0 Å². The van der Waals surface area contributed by atoms with Crippen molar-refractivity contribution in [2.75, 3.05) is 20.2 Å². The van der Waals surface area contributed by atoms with E-state index < -0.39 is 0 Å². The normalized spacial score (nSPS) is 20.4. The van der Waals surface area contributed by atoms with Crippen molar-refractivity contribution >= 4 is 6.03 Å². The summed E-state index contributed by atoms with van der Waals surface area (Å²) in [6.07, 6.45) is 7.17. The maximum atomic E-state index is 12.7. The highest BCUT2D eigenvalue weighted by molar-refractivity contribution is 5.75. The van der Waals surface area contributed by atoms with E-state index in [9.17, 15) is 4.79 Å². The number of hydrogen-bond acceptors (Lipinski definition) is 3. The van der Waals surface area contributed by atoms with E-state index in [0.717, 1.165) is 56.0 Å². The van der Waals surface area contributed by atoms with Gasteiger partial charge in [0.15, 0.2) is 0 Å². The zero-order valence-electron chi connectivity index (χ0n) is 15.4. The number of likely N-dealkylation sites (tertiary alicyclic amines) is 1. The summed E-state index contributed by atoms with van der Waals surface area (Å²) >= 11 is 0. The van der Waals surface area contributed by atoms with Gasteiger partial charge in [0.2, 0.25) is 0 Å². The standard InChI is InChI=1S/C20H26N4O2/c1-15-21-9-11-23(15)14-20(7-8-20)13-22-19(25)24-10-6-18(24)16-4-3-5-17(12-16)26-2/h3-5,9,11-12,18H,6-8,10,13-14H2,1-2H3,(H,22,25). The first-order valence-corrected chi connectivity index (χ1v) is 9.26. The fourth-order valence-electron chi connectivity index (χ4n) is 3.69. The number of aryl methyl sites for hydroxylation is 1. The molecule has 2 heterocycles. The number of benzene rings is 1. The maximum Gasteiger partial charge on any atom is 0.317 e. The third-order valence-corrected chi connectivity index (χ3v) is 5.76. The molecule has 1 aliphatic carbocycles. The van der Waals surface area contributed by atoms with E-state index in [2.05, 4.69) is 20.9 Å². The Balaban J connectivity index is 1.34. The van der Waals surface area contributed by atoms with Crippen LogP contribution in [-0.2, 0) is 6.54 Å². The molecule has 2 fully saturated rings. The molecule has 26 heavy (non-hydrogen) atoms. The van der Waals surface area contributed by atoms with Crippen LogP contribution in [0.25, 0.3) is 0 Å². The molecule has 1 aliphatic heterocycles. The number of nitrogens with one attached hydrogen (secondary N) is 1. The summed E-state index contributed by atoms with van der Waals surface area (Å²) in [7, 11) is 1.67. The van der Waals surface area contributed by atoms with Gasteiger partial charge in [-0.1, -0.05) is 12.1 Å². The second-order valence-corrected chi connectivity index (χ2v) is 7.54. The molecule has 0 bridgehead atoms. The minimum Gasteiger partial charge on any atom is -0.497 e. The number of nitrogens with zero attached hydrogens (tertiary/aromatic N) is 3. The van der Waals surface area contributed by atoms with Crippen LogP contribution in [0.5, 0.6) is 5.75 Å². The molecule has 1 saturated carbocycles. The fraction of sp³-hybridized carbons (Fsp3) is 0.500. The zero-order chi connectivity index (χ0) is 18.1. The highest BCUT2D eigenvalue weighted by atomic mass is 16.5. The Morgan fingerprint density at radius 1 is 1.42 bits per heavy atom. The maximum absolute atomic E-state index is 12.7. The summed E-state index contributed by atoms with van der Waals surface area (Å²) in [6.45, 7) is 4.48. The Kier molecular flexibility index (Phi) is 4.34. The third-order valence-electron chi connectivity index (χ3n) is 5.76. The van der Waals surface area contributed by atoms with Crippen molar-refractivity contribution in [3.05, 3.63) is 48.0 Å². The van der Waals surface area contributed by atoms with E-state index in [0.29, 0.717) is 0 Å². The van der Waals surface area contributed by atoms with Gasteiger partial charge < -0.3 is 19.5 Å². The summed E-state index contributed by atoms with van der Waals surface area (Å²) in [5, 5.41) is 3.17. The van der Waals surface area contributed by atoms with Gasteiger partial charge in [0.1, 0.15) is 11.6 Å². The van der Waals surface area contributed by atoms with Gasteiger partial charge in [0.25, 0.3) is 0 Å². The summed E-state index contributed by atoms with van der Waals surface area (Å²) in [4.78, 5) is 18.9. The van der Waals surface area contributed by atoms with Gasteiger partial charge in [-0.05, 0) is 43.9 Å². The highest BCUT2D eigenvalue weighted by Crippen LogP contribution is 2.47. The number of aromatic nitrogens is 2. The van der Waals surface area contributed by atoms with Crippen molar-refractivity contribution in [3.63, 3.8) is 0 Å². The first-order valence-electron chi connectivity index (χ1n) is 9.26. The average molecular weight is 354 g/mol. The van der Waals surface area contributed by atoms with E-state index in [1.807, 2.05) is 42.4 Å². The van der Waals surface area contributed by atoms with Crippen LogP contribution in [0, 0.1) is 12.3 Å². The number of ether oxygens (including phenoxy) is 1. The molecule has 1 N–H and O–H groups in total. The summed E-state index contributed by atoms with van der Waals surface area (Å²) in [6, 6.07) is 8.19. The second-order valence-electron chi connectivity index (χ2n) is 7.54. The number of hydrogen-bond donors (Lipinski definition) is 1. The quantitative estimate of drug-likeness (QED) is 0.867. The number of urea groups is 1. The van der Waals surface area contributed by atoms with Gasteiger partial charge in [0, 0.05) is 37.4 Å². The first kappa shape index (κ1) is 16.9. The molecule has 0 spiro atoms. The lowest BCUT2D eigenvalue weighted by molar-refractivity contribution is 0.113. The molecule has 1 unspecified atom stereocenters. The van der Waals surface area contributed by atoms with Crippen LogP contribution >= 0.6 is 0 Å². The third kappa shape index (κ3) is 3.28. The van der Waals surface area contributed by atoms with Gasteiger partial charge in [-0.3, -0.25) is 0 Å². The molecule has 2 amide bonds. The van der Waals surface area contributed by atoms with E-state index in [4.69, 9.17) is 4.74 Å². The number of rotatable bonds is 6. The van der Waals surface area contributed by atoms with Crippen LogP contribution in [0.1, 0.15) is 36.7 Å². The Morgan fingerprint density at radius 3 is 2.88 bits per heavy atom. The summed E-state index contributed by atoms with van der Waals surface area (Å²) in [5.74, 6) is 1.87. The van der Waals surface area contributed by atoms with Gasteiger partial charge in [-0.25, -0.2) is 9.78 Å². The number of amides is 2. The predicted octanol–water partition coefficient (Wildman–Crippen LogP) is 3.14. The number of imidazole rings is 1. The molecule has 2 aromatic rings. The predicted molar refractivity (Wildman–Crippen MR) is 99.1 cm³/mol. The SMILES string of the molecule is COc1cccc(C2CCN2C(=O)NCC2(Cn3ccnc3C)CC2)c1. The topological polar surface area (TPSA) is 59.4 Å². The molecule has 1 saturated heterocycles. The van der Waals surface area contributed by atoms with Crippen molar-refractivity contribution in [1.29, 1.82) is 0 Å². The molecular formula is C20H26N4O2. The van der Waals surface area contributed by atoms with Crippen molar-refractivity contribution in [1.82, 2.24) is 19.8 Å². The highest BCUT2D eigenvalue weighted by Gasteiger charge is 2.44. The Bertz CT molecular complexity index is 797. The van der Waals surface area contributed by atoms with Crippen molar-refractivity contribution < 1.29 is 9.53 Å². The lowest BCUT2D eigenvalue weighted by Gasteiger charge is -2.41. The smallest absolute Gasteiger partial charge is 0.317 e. The molecule has 4 rings (SSSR count). The summed E-state index contributed by atoms with van der Waals surface area (Å²) in [5.41, 5.74) is 1.33. The molecule has 1 aromatic carbocycles. The number of carbonyl (C=O) groups is 1. The molecule has 6 heteroatoms. The minimum absolute atomic E-state index is 0.0395. The van der Waals surface area contributed by atoms with E-state index >= 15 is 0 Å². The van der Waals surface area contributed by atoms with E-state index in [1.165, 1.54) is 0 Å². The molecule has 0 radical (unpaired) electrons. The van der Waals surface area contributed by atoms with Crippen LogP contribution < -0.4 is 10.1 Å². The molecular weight excluding hydrogens is 328 g/mol. The van der Waals surface area contributed by atoms with E-state index in [-0.39, 0.29) is 17.5 Å².